The summed E-state index contributed by atoms with van der Waals surface area (Å²) in [5.74, 6) is 0.509. The zero-order chi connectivity index (χ0) is 19.7. The zero-order valence-electron chi connectivity index (χ0n) is 16.1. The lowest BCUT2D eigenvalue weighted by Crippen LogP contribution is -2.37. The topological polar surface area (TPSA) is 64.4 Å². The summed E-state index contributed by atoms with van der Waals surface area (Å²) >= 11 is 0. The van der Waals surface area contributed by atoms with Crippen molar-refractivity contribution >= 4 is 16.9 Å². The number of carbonyl (C=O) groups is 1. The van der Waals surface area contributed by atoms with Crippen LogP contribution in [-0.2, 0) is 7.05 Å². The summed E-state index contributed by atoms with van der Waals surface area (Å²) in [7, 11) is 1.68. The number of rotatable bonds is 4. The second-order valence-electron chi connectivity index (χ2n) is 6.97. The molecule has 0 saturated carbocycles. The van der Waals surface area contributed by atoms with E-state index in [0.717, 1.165) is 24.2 Å². The third-order valence-corrected chi connectivity index (χ3v) is 5.27. The lowest BCUT2D eigenvalue weighted by Gasteiger charge is -2.25. The third-order valence-electron chi connectivity index (χ3n) is 5.27. The second-order valence-corrected chi connectivity index (χ2v) is 6.97. The minimum absolute atomic E-state index is 0.0148. The molecule has 0 unspecified atom stereocenters. The Labute approximate surface area is 163 Å². The molecule has 1 amide bonds. The van der Waals surface area contributed by atoms with Crippen molar-refractivity contribution in [1.29, 1.82) is 0 Å². The Kier molecular flexibility index (Phi) is 4.86. The largest absolute Gasteiger partial charge is 0.494 e. The van der Waals surface area contributed by atoms with Gasteiger partial charge >= 0.3 is 0 Å². The van der Waals surface area contributed by atoms with Gasteiger partial charge in [0.2, 0.25) is 0 Å². The van der Waals surface area contributed by atoms with E-state index in [4.69, 9.17) is 4.74 Å². The van der Waals surface area contributed by atoms with Gasteiger partial charge in [-0.2, -0.15) is 0 Å². The van der Waals surface area contributed by atoms with Gasteiger partial charge < -0.3 is 14.2 Å². The Bertz CT molecular complexity index is 1070. The van der Waals surface area contributed by atoms with Gasteiger partial charge in [-0.25, -0.2) is 4.98 Å². The van der Waals surface area contributed by atoms with E-state index < -0.39 is 0 Å². The first-order valence-electron chi connectivity index (χ1n) is 9.59. The SMILES string of the molecule is CCOc1ccc([C@@H]2CCCN2C(=O)c2nc3ccccc3n(C)c2=O)cc1. The summed E-state index contributed by atoms with van der Waals surface area (Å²) in [6.07, 6.45) is 1.77. The smallest absolute Gasteiger partial charge is 0.282 e. The van der Waals surface area contributed by atoms with Crippen molar-refractivity contribution in [2.75, 3.05) is 13.2 Å². The predicted octanol–water partition coefficient (Wildman–Crippen LogP) is 3.31. The number of ether oxygens (including phenoxy) is 1. The van der Waals surface area contributed by atoms with E-state index >= 15 is 0 Å². The van der Waals surface area contributed by atoms with Crippen LogP contribution in [0.15, 0.2) is 53.3 Å². The summed E-state index contributed by atoms with van der Waals surface area (Å²) in [4.78, 5) is 32.2. The lowest BCUT2D eigenvalue weighted by atomic mass is 10.0. The van der Waals surface area contributed by atoms with E-state index in [9.17, 15) is 9.59 Å². The van der Waals surface area contributed by atoms with E-state index in [-0.39, 0.29) is 23.2 Å². The van der Waals surface area contributed by atoms with Gasteiger partial charge in [-0.3, -0.25) is 9.59 Å². The molecule has 6 nitrogen and oxygen atoms in total. The average molecular weight is 377 g/mol. The number of benzene rings is 2. The molecule has 6 heteroatoms. The number of nitrogens with zero attached hydrogens (tertiary/aromatic N) is 3. The van der Waals surface area contributed by atoms with Gasteiger partial charge in [-0.15, -0.1) is 0 Å². The molecule has 3 aromatic rings. The number of amides is 1. The number of carbonyl (C=O) groups excluding carboxylic acids is 1. The van der Waals surface area contributed by atoms with Crippen LogP contribution in [0, 0.1) is 0 Å². The Balaban J connectivity index is 1.68. The molecule has 0 radical (unpaired) electrons. The maximum Gasteiger partial charge on any atom is 0.282 e. The summed E-state index contributed by atoms with van der Waals surface area (Å²) in [5, 5.41) is 0. The maximum atomic E-state index is 13.2. The summed E-state index contributed by atoms with van der Waals surface area (Å²) < 4.78 is 7.00. The van der Waals surface area contributed by atoms with Crippen molar-refractivity contribution in [3.05, 3.63) is 70.1 Å². The number of aromatic nitrogens is 2. The van der Waals surface area contributed by atoms with Gasteiger partial charge in [0, 0.05) is 13.6 Å². The highest BCUT2D eigenvalue weighted by atomic mass is 16.5. The Morgan fingerprint density at radius 1 is 1.18 bits per heavy atom. The molecule has 0 spiro atoms. The van der Waals surface area contributed by atoms with Crippen molar-refractivity contribution in [3.8, 4) is 5.75 Å². The summed E-state index contributed by atoms with van der Waals surface area (Å²) in [5.41, 5.74) is 2.03. The molecule has 0 N–H and O–H groups in total. The van der Waals surface area contributed by atoms with Crippen LogP contribution in [0.2, 0.25) is 0 Å². The van der Waals surface area contributed by atoms with Crippen molar-refractivity contribution in [2.45, 2.75) is 25.8 Å². The van der Waals surface area contributed by atoms with E-state index in [0.29, 0.717) is 24.2 Å². The number of hydrogen-bond donors (Lipinski definition) is 0. The molecule has 0 bridgehead atoms. The first kappa shape index (κ1) is 18.2. The van der Waals surface area contributed by atoms with Gasteiger partial charge in [0.15, 0.2) is 5.69 Å². The molecule has 1 saturated heterocycles. The van der Waals surface area contributed by atoms with E-state index in [1.54, 1.807) is 11.9 Å². The fourth-order valence-electron chi connectivity index (χ4n) is 3.86. The Morgan fingerprint density at radius 3 is 2.68 bits per heavy atom. The van der Waals surface area contributed by atoms with Crippen molar-refractivity contribution in [2.24, 2.45) is 7.05 Å². The van der Waals surface area contributed by atoms with Gasteiger partial charge in [0.25, 0.3) is 11.5 Å². The highest BCUT2D eigenvalue weighted by Crippen LogP contribution is 2.33. The normalized spacial score (nSPS) is 16.5. The van der Waals surface area contributed by atoms with Crippen molar-refractivity contribution in [3.63, 3.8) is 0 Å². The van der Waals surface area contributed by atoms with Crippen LogP contribution >= 0.6 is 0 Å². The molecule has 1 atom stereocenters. The lowest BCUT2D eigenvalue weighted by molar-refractivity contribution is 0.0727. The number of fused-ring (bicyclic) bond motifs is 1. The quantitative estimate of drug-likeness (QED) is 0.700. The molecule has 2 aromatic carbocycles. The second kappa shape index (κ2) is 7.46. The average Bonchev–Trinajstić information content (AvgIpc) is 3.21. The number of hydrogen-bond acceptors (Lipinski definition) is 4. The molecule has 1 aliphatic heterocycles. The van der Waals surface area contributed by atoms with Crippen LogP contribution in [0.1, 0.15) is 41.9 Å². The molecular formula is C22H23N3O3. The van der Waals surface area contributed by atoms with E-state index in [1.807, 2.05) is 55.5 Å². The van der Waals surface area contributed by atoms with Crippen LogP contribution in [0.5, 0.6) is 5.75 Å². The van der Waals surface area contributed by atoms with Crippen LogP contribution in [-0.4, -0.2) is 33.5 Å². The number of para-hydroxylation sites is 2. The fourth-order valence-corrected chi connectivity index (χ4v) is 3.86. The monoisotopic (exact) mass is 377 g/mol. The van der Waals surface area contributed by atoms with Crippen LogP contribution in [0.3, 0.4) is 0 Å². The predicted molar refractivity (Wildman–Crippen MR) is 108 cm³/mol. The number of aryl methyl sites for hydroxylation is 1. The van der Waals surface area contributed by atoms with Gasteiger partial charge in [0.1, 0.15) is 5.75 Å². The zero-order valence-corrected chi connectivity index (χ0v) is 16.1. The standard InChI is InChI=1S/C22H23N3O3/c1-3-28-16-12-10-15(11-13-16)18-9-6-14-25(18)22(27)20-21(26)24(2)19-8-5-4-7-17(19)23-20/h4-5,7-8,10-13,18H,3,6,9,14H2,1-2H3/t18-/m0/s1. The maximum absolute atomic E-state index is 13.2. The van der Waals surface area contributed by atoms with Crippen LogP contribution in [0.25, 0.3) is 11.0 Å². The van der Waals surface area contributed by atoms with E-state index in [2.05, 4.69) is 4.98 Å². The molecule has 4 rings (SSSR count). The molecule has 0 aliphatic carbocycles. The van der Waals surface area contributed by atoms with E-state index in [1.165, 1.54) is 4.57 Å². The van der Waals surface area contributed by atoms with Gasteiger partial charge in [-0.05, 0) is 49.6 Å². The molecule has 144 valence electrons. The molecule has 1 aromatic heterocycles. The van der Waals surface area contributed by atoms with Crippen LogP contribution < -0.4 is 10.3 Å². The number of likely N-dealkylation sites (tertiary alicyclic amines) is 1. The third kappa shape index (κ3) is 3.15. The molecule has 2 heterocycles. The molecule has 1 fully saturated rings. The van der Waals surface area contributed by atoms with Crippen molar-refractivity contribution < 1.29 is 9.53 Å². The minimum atomic E-state index is -0.360. The highest BCUT2D eigenvalue weighted by molar-refractivity contribution is 5.94. The summed E-state index contributed by atoms with van der Waals surface area (Å²) in [6.45, 7) is 3.18. The van der Waals surface area contributed by atoms with Gasteiger partial charge in [-0.1, -0.05) is 24.3 Å². The Hall–Kier alpha value is -3.15. The minimum Gasteiger partial charge on any atom is -0.494 e. The fraction of sp³-hybridized carbons (Fsp3) is 0.318. The summed E-state index contributed by atoms with van der Waals surface area (Å²) in [6, 6.07) is 15.1. The molecule has 1 aliphatic rings. The van der Waals surface area contributed by atoms with Crippen LogP contribution in [0.4, 0.5) is 0 Å². The van der Waals surface area contributed by atoms with Crippen molar-refractivity contribution in [1.82, 2.24) is 14.5 Å². The highest BCUT2D eigenvalue weighted by Gasteiger charge is 2.33. The molecule has 28 heavy (non-hydrogen) atoms. The first-order valence-corrected chi connectivity index (χ1v) is 9.59. The molecular weight excluding hydrogens is 354 g/mol. The van der Waals surface area contributed by atoms with Gasteiger partial charge in [0.05, 0.1) is 23.7 Å². The first-order chi connectivity index (χ1) is 13.6. The Morgan fingerprint density at radius 2 is 1.93 bits per heavy atom.